The molecule has 0 radical (unpaired) electrons. The van der Waals surface area contributed by atoms with Gasteiger partial charge in [0.05, 0.1) is 11.6 Å². The third-order valence-corrected chi connectivity index (χ3v) is 6.55. The number of benzene rings is 2. The highest BCUT2D eigenvalue weighted by atomic mass is 32.1. The molecule has 6 heteroatoms. The molecule has 4 rings (SSSR count). The van der Waals surface area contributed by atoms with E-state index >= 15 is 0 Å². The Morgan fingerprint density at radius 1 is 1.06 bits per heavy atom. The molecule has 0 saturated carbocycles. The van der Waals surface area contributed by atoms with E-state index in [4.69, 9.17) is 21.7 Å². The molecule has 0 saturated heterocycles. The fourth-order valence-corrected chi connectivity index (χ4v) is 4.41. The summed E-state index contributed by atoms with van der Waals surface area (Å²) in [6.45, 7) is 11.6. The summed E-state index contributed by atoms with van der Waals surface area (Å²) in [5.41, 5.74) is 6.59. The molecule has 0 amide bonds. The van der Waals surface area contributed by atoms with Crippen molar-refractivity contribution >= 4 is 22.9 Å². The van der Waals surface area contributed by atoms with Gasteiger partial charge in [-0.05, 0) is 56.0 Å². The van der Waals surface area contributed by atoms with Gasteiger partial charge < -0.3 is 14.7 Å². The minimum Gasteiger partial charge on any atom is -0.351 e. The van der Waals surface area contributed by atoms with Crippen LogP contribution in [-0.4, -0.2) is 26.7 Å². The summed E-state index contributed by atoms with van der Waals surface area (Å²) in [6, 6.07) is 16.7. The fourth-order valence-electron chi connectivity index (χ4n) is 4.06. The first kappa shape index (κ1) is 23.2. The smallest absolute Gasteiger partial charge is 0.258 e. The van der Waals surface area contributed by atoms with Gasteiger partial charge in [0.2, 0.25) is 5.82 Å². The Bertz CT molecular complexity index is 1150. The summed E-state index contributed by atoms with van der Waals surface area (Å²) >= 11 is 5.78. The monoisotopic (exact) mass is 460 g/mol. The topological polar surface area (TPSA) is 54.2 Å². The van der Waals surface area contributed by atoms with Crippen molar-refractivity contribution in [2.24, 2.45) is 5.92 Å². The maximum Gasteiger partial charge on any atom is 0.258 e. The molecule has 1 unspecified atom stereocenters. The Morgan fingerprint density at radius 2 is 1.76 bits per heavy atom. The average molecular weight is 461 g/mol. The lowest BCUT2D eigenvalue weighted by Crippen LogP contribution is -2.46. The van der Waals surface area contributed by atoms with E-state index < -0.39 is 0 Å². The molecular formula is C27H32N4OS. The molecule has 0 fully saturated rings. The number of rotatable bonds is 7. The molecule has 1 N–H and O–H groups in total. The molecule has 0 bridgehead atoms. The van der Waals surface area contributed by atoms with Crippen LogP contribution in [0.25, 0.3) is 17.0 Å². The second-order valence-corrected chi connectivity index (χ2v) is 9.49. The lowest BCUT2D eigenvalue weighted by atomic mass is 9.94. The van der Waals surface area contributed by atoms with E-state index in [1.165, 1.54) is 11.1 Å². The molecule has 172 valence electrons. The van der Waals surface area contributed by atoms with Crippen molar-refractivity contribution < 1.29 is 4.52 Å². The van der Waals surface area contributed by atoms with Gasteiger partial charge in [-0.15, -0.1) is 0 Å². The van der Waals surface area contributed by atoms with E-state index in [2.05, 4.69) is 98.5 Å². The van der Waals surface area contributed by atoms with Crippen molar-refractivity contribution in [1.82, 2.24) is 20.4 Å². The van der Waals surface area contributed by atoms with Crippen molar-refractivity contribution in [1.29, 1.82) is 0 Å². The zero-order valence-corrected chi connectivity index (χ0v) is 20.9. The molecule has 2 aromatic carbocycles. The maximum atomic E-state index is 5.84. The van der Waals surface area contributed by atoms with E-state index in [1.54, 1.807) is 0 Å². The average Bonchev–Trinajstić information content (AvgIpc) is 3.28. The van der Waals surface area contributed by atoms with Gasteiger partial charge in [-0.25, -0.2) is 0 Å². The SMILES string of the molecule is CCc1ccc(-c2noc(C3=C(C)N(CCC(C)C)C(=S)NC3c3ccc(C)cc3)n2)cc1. The Hall–Kier alpha value is -2.99. The second kappa shape index (κ2) is 9.87. The standard InChI is InChI=1S/C27H32N4OS/c1-6-20-9-13-22(14-10-20)25-29-26(32-30-25)23-19(5)31(16-15-17(2)3)27(33)28-24(23)21-11-7-18(4)8-12-21/h7-14,17,24H,6,15-16H2,1-5H3,(H,28,33). The summed E-state index contributed by atoms with van der Waals surface area (Å²) in [7, 11) is 0. The van der Waals surface area contributed by atoms with Crippen LogP contribution in [0, 0.1) is 12.8 Å². The van der Waals surface area contributed by atoms with Crippen LogP contribution in [0.3, 0.4) is 0 Å². The van der Waals surface area contributed by atoms with Crippen LogP contribution in [-0.2, 0) is 6.42 Å². The number of thiocarbonyl (C=S) groups is 1. The van der Waals surface area contributed by atoms with Gasteiger partial charge in [-0.1, -0.05) is 80.0 Å². The zero-order chi connectivity index (χ0) is 23.5. The first-order chi connectivity index (χ1) is 15.9. The highest BCUT2D eigenvalue weighted by Gasteiger charge is 2.34. The predicted octanol–water partition coefficient (Wildman–Crippen LogP) is 6.32. The van der Waals surface area contributed by atoms with E-state index in [9.17, 15) is 0 Å². The third-order valence-electron chi connectivity index (χ3n) is 6.21. The van der Waals surface area contributed by atoms with Crippen molar-refractivity contribution in [3.8, 4) is 11.4 Å². The van der Waals surface area contributed by atoms with E-state index in [-0.39, 0.29) is 6.04 Å². The van der Waals surface area contributed by atoms with Crippen LogP contribution in [0.15, 0.2) is 58.8 Å². The van der Waals surface area contributed by atoms with Crippen LogP contribution in [0.5, 0.6) is 0 Å². The largest absolute Gasteiger partial charge is 0.351 e. The molecular weight excluding hydrogens is 428 g/mol. The fraction of sp³-hybridized carbons (Fsp3) is 0.370. The van der Waals surface area contributed by atoms with E-state index in [1.807, 2.05) is 0 Å². The third kappa shape index (κ3) is 5.01. The number of hydrogen-bond donors (Lipinski definition) is 1. The summed E-state index contributed by atoms with van der Waals surface area (Å²) < 4.78 is 5.84. The number of hydrogen-bond acceptors (Lipinski definition) is 4. The first-order valence-corrected chi connectivity index (χ1v) is 12.1. The molecule has 33 heavy (non-hydrogen) atoms. The Balaban J connectivity index is 1.76. The number of nitrogens with zero attached hydrogens (tertiary/aromatic N) is 3. The molecule has 3 aromatic rings. The summed E-state index contributed by atoms with van der Waals surface area (Å²) in [5.74, 6) is 1.70. The van der Waals surface area contributed by atoms with Gasteiger partial charge in [0.15, 0.2) is 5.11 Å². The van der Waals surface area contributed by atoms with Gasteiger partial charge in [0.25, 0.3) is 5.89 Å². The first-order valence-electron chi connectivity index (χ1n) is 11.7. The highest BCUT2D eigenvalue weighted by molar-refractivity contribution is 7.80. The van der Waals surface area contributed by atoms with Gasteiger partial charge in [0.1, 0.15) is 0 Å². The van der Waals surface area contributed by atoms with E-state index in [0.717, 1.165) is 46.9 Å². The molecule has 5 nitrogen and oxygen atoms in total. The molecule has 1 aliphatic rings. The molecule has 2 heterocycles. The molecule has 1 atom stereocenters. The van der Waals surface area contributed by atoms with Gasteiger partial charge in [0, 0.05) is 17.8 Å². The molecule has 0 spiro atoms. The van der Waals surface area contributed by atoms with Crippen LogP contribution < -0.4 is 5.32 Å². The van der Waals surface area contributed by atoms with Crippen LogP contribution >= 0.6 is 12.2 Å². The van der Waals surface area contributed by atoms with Crippen LogP contribution in [0.1, 0.15) is 62.7 Å². The van der Waals surface area contributed by atoms with Gasteiger partial charge in [-0.3, -0.25) is 0 Å². The zero-order valence-electron chi connectivity index (χ0n) is 20.1. The van der Waals surface area contributed by atoms with E-state index in [0.29, 0.717) is 17.6 Å². The lowest BCUT2D eigenvalue weighted by molar-refractivity contribution is 0.390. The number of aromatic nitrogens is 2. The summed E-state index contributed by atoms with van der Waals surface area (Å²) in [6.07, 6.45) is 2.04. The number of nitrogens with one attached hydrogen (secondary N) is 1. The quantitative estimate of drug-likeness (QED) is 0.417. The maximum absolute atomic E-state index is 5.84. The van der Waals surface area contributed by atoms with Crippen LogP contribution in [0.2, 0.25) is 0 Å². The van der Waals surface area contributed by atoms with Crippen molar-refractivity contribution in [3.63, 3.8) is 0 Å². The summed E-state index contributed by atoms with van der Waals surface area (Å²) in [4.78, 5) is 6.97. The Morgan fingerprint density at radius 3 is 2.39 bits per heavy atom. The highest BCUT2D eigenvalue weighted by Crippen LogP contribution is 2.37. The predicted molar refractivity (Wildman–Crippen MR) is 138 cm³/mol. The van der Waals surface area contributed by atoms with Crippen molar-refractivity contribution in [3.05, 3.63) is 76.8 Å². The summed E-state index contributed by atoms with van der Waals surface area (Å²) in [5, 5.41) is 8.59. The molecule has 0 aliphatic carbocycles. The lowest BCUT2D eigenvalue weighted by Gasteiger charge is -2.37. The van der Waals surface area contributed by atoms with Gasteiger partial charge in [-0.2, -0.15) is 4.98 Å². The normalized spacial score (nSPS) is 16.5. The number of allylic oxidation sites excluding steroid dienone is 1. The van der Waals surface area contributed by atoms with Gasteiger partial charge >= 0.3 is 0 Å². The van der Waals surface area contributed by atoms with Crippen molar-refractivity contribution in [2.75, 3.05) is 6.54 Å². The number of aryl methyl sites for hydroxylation is 2. The molecule has 1 aromatic heterocycles. The minimum atomic E-state index is -0.149. The van der Waals surface area contributed by atoms with Crippen LogP contribution in [0.4, 0.5) is 0 Å². The molecule has 1 aliphatic heterocycles. The Labute approximate surface area is 201 Å². The second-order valence-electron chi connectivity index (χ2n) is 9.10. The Kier molecular flexibility index (Phi) is 6.94. The van der Waals surface area contributed by atoms with Crippen molar-refractivity contribution in [2.45, 2.75) is 53.5 Å². The minimum absolute atomic E-state index is 0.149.